The summed E-state index contributed by atoms with van der Waals surface area (Å²) in [5.41, 5.74) is -3.09. The van der Waals surface area contributed by atoms with Gasteiger partial charge < -0.3 is 19.1 Å². The summed E-state index contributed by atoms with van der Waals surface area (Å²) in [6, 6.07) is 3.96. The van der Waals surface area contributed by atoms with Gasteiger partial charge in [0.05, 0.1) is 16.2 Å². The van der Waals surface area contributed by atoms with E-state index in [1.54, 1.807) is 62.3 Å². The maximum absolute atomic E-state index is 14.3. The molecule has 0 saturated carbocycles. The second-order valence-corrected chi connectivity index (χ2v) is 17.3. The molecule has 0 saturated heterocycles. The second kappa shape index (κ2) is 14.4. The van der Waals surface area contributed by atoms with Crippen molar-refractivity contribution in [1.29, 1.82) is 0 Å². The van der Waals surface area contributed by atoms with Gasteiger partial charge in [-0.05, 0) is 86.1 Å². The molecule has 0 heterocycles. The van der Waals surface area contributed by atoms with E-state index in [1.165, 1.54) is 18.2 Å². The first-order valence-electron chi connectivity index (χ1n) is 12.3. The Labute approximate surface area is 251 Å². The van der Waals surface area contributed by atoms with Crippen molar-refractivity contribution in [2.45, 2.75) is 72.6 Å². The third-order valence-electron chi connectivity index (χ3n) is 4.99. The lowest BCUT2D eigenvalue weighted by atomic mass is 9.98. The maximum Gasteiger partial charge on any atom is 0.356 e. The average Bonchev–Trinajstić information content (AvgIpc) is 2.79. The van der Waals surface area contributed by atoms with Crippen molar-refractivity contribution in [3.8, 4) is 0 Å². The number of esters is 3. The predicted octanol–water partition coefficient (Wildman–Crippen LogP) is 6.70. The van der Waals surface area contributed by atoms with Crippen LogP contribution < -0.4 is 0 Å². The minimum atomic E-state index is -5.17. The highest BCUT2D eigenvalue weighted by molar-refractivity contribution is 7.80. The second-order valence-electron chi connectivity index (χ2n) is 12.0. The summed E-state index contributed by atoms with van der Waals surface area (Å²) >= 11 is 10.4. The number of thiol groups is 1. The van der Waals surface area contributed by atoms with Crippen molar-refractivity contribution in [2.75, 3.05) is 20.4 Å². The Morgan fingerprint density at radius 1 is 0.780 bits per heavy atom. The summed E-state index contributed by atoms with van der Waals surface area (Å²) in [7, 11) is -10.1. The normalized spacial score (nSPS) is 15.0. The van der Waals surface area contributed by atoms with Gasteiger partial charge in [0, 0.05) is 9.92 Å². The molecular weight excluding hydrogens is 622 g/mol. The molecule has 1 rings (SSSR count). The third kappa shape index (κ3) is 11.6. The first kappa shape index (κ1) is 37.6. The van der Waals surface area contributed by atoms with Gasteiger partial charge in [-0.1, -0.05) is 11.6 Å². The number of halogens is 1. The van der Waals surface area contributed by atoms with E-state index >= 15 is 0 Å². The molecule has 16 heteroatoms. The molecular formula is C25H39ClO12P2S. The Hall–Kier alpha value is -1.43. The molecule has 0 bridgehead atoms. The maximum atomic E-state index is 14.3. The summed E-state index contributed by atoms with van der Waals surface area (Å²) in [6.07, 6.45) is 0. The van der Waals surface area contributed by atoms with Crippen LogP contribution in [0.25, 0.3) is 0 Å². The fourth-order valence-corrected chi connectivity index (χ4v) is 7.52. The van der Waals surface area contributed by atoms with Crippen molar-refractivity contribution in [3.63, 3.8) is 0 Å². The van der Waals surface area contributed by atoms with E-state index in [0.29, 0.717) is 0 Å². The lowest BCUT2D eigenvalue weighted by molar-refractivity contribution is -0.162. The standard InChI is InChI=1S/C25H39ClO12P2S/c1-23(2,3)20(27)33-13-36-39(30,31)19(17-12-16(26)10-11-18(17)41)40(32,37-14-34-21(28)24(4,5)6)38-15-35-22(29)25(7,8)9/h10-12,19,41H,13-15H2,1-9H3,(H,30,31). The van der Waals surface area contributed by atoms with Gasteiger partial charge in [0.15, 0.2) is 5.40 Å². The Bertz CT molecular complexity index is 1160. The van der Waals surface area contributed by atoms with Crippen LogP contribution in [0.15, 0.2) is 23.1 Å². The summed E-state index contributed by atoms with van der Waals surface area (Å²) < 4.78 is 58.8. The van der Waals surface area contributed by atoms with Crippen molar-refractivity contribution in [3.05, 3.63) is 28.8 Å². The summed E-state index contributed by atoms with van der Waals surface area (Å²) in [5, 5.41) is -2.11. The summed E-state index contributed by atoms with van der Waals surface area (Å²) in [4.78, 5) is 47.8. The van der Waals surface area contributed by atoms with Crippen molar-refractivity contribution < 1.29 is 56.2 Å². The van der Waals surface area contributed by atoms with Gasteiger partial charge in [-0.3, -0.25) is 37.1 Å². The van der Waals surface area contributed by atoms with Crippen LogP contribution in [0, 0.1) is 16.2 Å². The number of ether oxygens (including phenoxy) is 3. The van der Waals surface area contributed by atoms with Crippen LogP contribution in [0.4, 0.5) is 0 Å². The molecule has 0 radical (unpaired) electrons. The molecule has 0 aliphatic rings. The van der Waals surface area contributed by atoms with Crippen molar-refractivity contribution in [2.24, 2.45) is 16.2 Å². The van der Waals surface area contributed by atoms with Gasteiger partial charge >= 0.3 is 33.1 Å². The lowest BCUT2D eigenvalue weighted by Gasteiger charge is -2.30. The van der Waals surface area contributed by atoms with Gasteiger partial charge in [0.1, 0.15) is 0 Å². The fourth-order valence-electron chi connectivity index (χ4n) is 2.62. The van der Waals surface area contributed by atoms with Crippen LogP contribution in [0.5, 0.6) is 0 Å². The molecule has 0 amide bonds. The Morgan fingerprint density at radius 3 is 1.51 bits per heavy atom. The van der Waals surface area contributed by atoms with Crippen LogP contribution in [0.2, 0.25) is 5.02 Å². The molecule has 234 valence electrons. The number of rotatable bonds is 12. The van der Waals surface area contributed by atoms with Gasteiger partial charge in [0.2, 0.25) is 20.4 Å². The van der Waals surface area contributed by atoms with Crippen LogP contribution in [-0.2, 0) is 51.3 Å². The number of carbonyl (C=O) groups is 3. The summed E-state index contributed by atoms with van der Waals surface area (Å²) in [6.45, 7) is 11.1. The Balaban J connectivity index is 3.55. The molecule has 12 nitrogen and oxygen atoms in total. The molecule has 0 aliphatic carbocycles. The first-order chi connectivity index (χ1) is 18.4. The van der Waals surface area contributed by atoms with Crippen LogP contribution >= 0.6 is 39.4 Å². The zero-order valence-electron chi connectivity index (χ0n) is 24.6. The molecule has 0 fully saturated rings. The van der Waals surface area contributed by atoms with Gasteiger partial charge in [-0.25, -0.2) is 0 Å². The zero-order valence-corrected chi connectivity index (χ0v) is 28.0. The third-order valence-corrected chi connectivity index (χ3v) is 10.5. The van der Waals surface area contributed by atoms with Gasteiger partial charge in [0.25, 0.3) is 0 Å². The van der Waals surface area contributed by atoms with E-state index in [1.807, 2.05) is 0 Å². The molecule has 1 N–H and O–H groups in total. The van der Waals surface area contributed by atoms with E-state index in [0.717, 1.165) is 0 Å². The molecule has 2 atom stereocenters. The zero-order chi connectivity index (χ0) is 32.0. The quantitative estimate of drug-likeness (QED) is 0.0804. The summed E-state index contributed by atoms with van der Waals surface area (Å²) in [5.74, 6) is -2.23. The number of carbonyl (C=O) groups excluding carboxylic acids is 3. The van der Waals surface area contributed by atoms with Crippen molar-refractivity contribution >= 4 is 57.3 Å². The molecule has 0 aliphatic heterocycles. The van der Waals surface area contributed by atoms with Gasteiger partial charge in [-0.2, -0.15) is 0 Å². The molecule has 2 unspecified atom stereocenters. The highest BCUT2D eigenvalue weighted by Crippen LogP contribution is 2.77. The lowest BCUT2D eigenvalue weighted by Crippen LogP contribution is -2.25. The highest BCUT2D eigenvalue weighted by Gasteiger charge is 2.52. The Morgan fingerprint density at radius 2 is 1.15 bits per heavy atom. The molecule has 0 aromatic heterocycles. The average molecular weight is 661 g/mol. The number of hydrogen-bond acceptors (Lipinski definition) is 12. The minimum absolute atomic E-state index is 0.0368. The molecule has 41 heavy (non-hydrogen) atoms. The molecule has 1 aromatic rings. The van der Waals surface area contributed by atoms with Crippen LogP contribution in [0.1, 0.15) is 73.3 Å². The monoisotopic (exact) mass is 660 g/mol. The molecule has 0 spiro atoms. The van der Waals surface area contributed by atoms with Crippen molar-refractivity contribution in [1.82, 2.24) is 0 Å². The van der Waals surface area contributed by atoms with E-state index in [2.05, 4.69) is 12.6 Å². The topological polar surface area (TPSA) is 161 Å². The van der Waals surface area contributed by atoms with E-state index in [9.17, 15) is 28.4 Å². The SMILES string of the molecule is CC(C)(C)C(=O)OCOP(=O)(O)C(c1cc(Cl)ccc1S)P(=O)(OCOC(=O)C(C)(C)C)OCOC(=O)C(C)(C)C. The number of hydrogen-bond donors (Lipinski definition) is 2. The van der Waals surface area contributed by atoms with Gasteiger partial charge in [-0.15, -0.1) is 12.6 Å². The molecule has 1 aromatic carbocycles. The number of benzene rings is 1. The smallest absolute Gasteiger partial charge is 0.356 e. The van der Waals surface area contributed by atoms with Crippen LogP contribution in [0.3, 0.4) is 0 Å². The fraction of sp³-hybridized carbons (Fsp3) is 0.640. The Kier molecular flexibility index (Phi) is 13.2. The van der Waals surface area contributed by atoms with E-state index < -0.39 is 75.1 Å². The van der Waals surface area contributed by atoms with Crippen LogP contribution in [-0.4, -0.2) is 43.2 Å². The van der Waals surface area contributed by atoms with E-state index in [4.69, 9.17) is 39.4 Å². The highest BCUT2D eigenvalue weighted by atomic mass is 35.5. The predicted molar refractivity (Wildman–Crippen MR) is 153 cm³/mol. The minimum Gasteiger partial charge on any atom is -0.438 e. The van der Waals surface area contributed by atoms with E-state index in [-0.39, 0.29) is 15.5 Å². The first-order valence-corrected chi connectivity index (χ1v) is 16.4. The largest absolute Gasteiger partial charge is 0.438 e.